The molecule has 2 N–H and O–H groups in total. The van der Waals surface area contributed by atoms with Gasteiger partial charge in [-0.05, 0) is 49.2 Å². The van der Waals surface area contributed by atoms with Crippen molar-refractivity contribution in [3.63, 3.8) is 0 Å². The fraction of sp³-hybridized carbons (Fsp3) is 0.435. The maximum absolute atomic E-state index is 12.6. The van der Waals surface area contributed by atoms with E-state index in [9.17, 15) is 13.2 Å². The van der Waals surface area contributed by atoms with Crippen LogP contribution in [0.15, 0.2) is 47.4 Å². The molecule has 176 valence electrons. The van der Waals surface area contributed by atoms with Crippen LogP contribution in [0.4, 0.5) is 0 Å². The lowest BCUT2D eigenvalue weighted by atomic mass is 10.1. The molecule has 0 unspecified atom stereocenters. The molecule has 0 saturated carbocycles. The zero-order valence-electron chi connectivity index (χ0n) is 18.8. The molecule has 0 radical (unpaired) electrons. The van der Waals surface area contributed by atoms with E-state index in [-0.39, 0.29) is 23.9 Å². The molecule has 0 heterocycles. The number of nitrogens with one attached hydrogen (secondary N) is 2. The van der Waals surface area contributed by atoms with Crippen molar-refractivity contribution in [1.82, 2.24) is 10.0 Å². The summed E-state index contributed by atoms with van der Waals surface area (Å²) in [7, 11) is -2.08. The average molecular weight is 465 g/mol. The molecule has 2 rings (SSSR count). The van der Waals surface area contributed by atoms with Crippen LogP contribution >= 0.6 is 0 Å². The Morgan fingerprint density at radius 1 is 0.969 bits per heavy atom. The van der Waals surface area contributed by atoms with Crippen LogP contribution in [0.25, 0.3) is 0 Å². The molecule has 0 atom stereocenters. The summed E-state index contributed by atoms with van der Waals surface area (Å²) >= 11 is 0. The third-order valence-corrected chi connectivity index (χ3v) is 6.02. The molecule has 0 aliphatic carbocycles. The number of carbonyl (C=O) groups is 1. The summed E-state index contributed by atoms with van der Waals surface area (Å²) in [5.41, 5.74) is 1.23. The lowest BCUT2D eigenvalue weighted by Gasteiger charge is -2.13. The van der Waals surface area contributed by atoms with Crippen LogP contribution in [-0.2, 0) is 21.3 Å². The van der Waals surface area contributed by atoms with Crippen molar-refractivity contribution in [3.05, 3.63) is 53.6 Å². The Balaban J connectivity index is 1.98. The normalized spacial score (nSPS) is 11.2. The van der Waals surface area contributed by atoms with E-state index in [1.807, 2.05) is 6.92 Å². The molecule has 0 aliphatic heterocycles. The second-order valence-electron chi connectivity index (χ2n) is 7.01. The maximum Gasteiger partial charge on any atom is 0.251 e. The van der Waals surface area contributed by atoms with Gasteiger partial charge in [0.2, 0.25) is 10.0 Å². The lowest BCUT2D eigenvalue weighted by molar-refractivity contribution is 0.0950. The summed E-state index contributed by atoms with van der Waals surface area (Å²) in [4.78, 5) is 12.8. The predicted octanol–water partition coefficient (Wildman–Crippen LogP) is 3.12. The number of rotatable bonds is 14. The molecule has 0 spiro atoms. The van der Waals surface area contributed by atoms with Crippen molar-refractivity contribution in [2.24, 2.45) is 0 Å². The Morgan fingerprint density at radius 2 is 1.72 bits per heavy atom. The van der Waals surface area contributed by atoms with Gasteiger partial charge < -0.3 is 19.5 Å². The minimum absolute atomic E-state index is 0.156. The van der Waals surface area contributed by atoms with Gasteiger partial charge in [-0.15, -0.1) is 0 Å². The predicted molar refractivity (Wildman–Crippen MR) is 123 cm³/mol. The summed E-state index contributed by atoms with van der Waals surface area (Å²) in [5.74, 6) is 0.892. The van der Waals surface area contributed by atoms with Crippen LogP contribution in [0.2, 0.25) is 0 Å². The first kappa shape index (κ1) is 25.6. The molecule has 32 heavy (non-hydrogen) atoms. The SMILES string of the molecule is CCCCOc1ccc(C(=O)NCc2ccc(S(=O)(=O)NCCOC)cc2)cc1OCC. The second kappa shape index (κ2) is 13.0. The van der Waals surface area contributed by atoms with Crippen LogP contribution < -0.4 is 19.5 Å². The number of benzene rings is 2. The van der Waals surface area contributed by atoms with Crippen LogP contribution in [-0.4, -0.2) is 47.8 Å². The Labute approximate surface area is 190 Å². The number of hydrogen-bond donors (Lipinski definition) is 2. The van der Waals surface area contributed by atoms with E-state index in [2.05, 4.69) is 17.0 Å². The van der Waals surface area contributed by atoms with E-state index >= 15 is 0 Å². The molecule has 0 aromatic heterocycles. The highest BCUT2D eigenvalue weighted by molar-refractivity contribution is 7.89. The molecule has 2 aromatic carbocycles. The first-order valence-electron chi connectivity index (χ1n) is 10.7. The number of sulfonamides is 1. The Bertz CT molecular complexity index is 961. The zero-order chi connectivity index (χ0) is 23.4. The van der Waals surface area contributed by atoms with Gasteiger partial charge in [-0.2, -0.15) is 0 Å². The van der Waals surface area contributed by atoms with Gasteiger partial charge in [0.1, 0.15) is 0 Å². The van der Waals surface area contributed by atoms with Gasteiger partial charge in [0, 0.05) is 25.8 Å². The molecule has 2 aromatic rings. The van der Waals surface area contributed by atoms with Crippen molar-refractivity contribution in [3.8, 4) is 11.5 Å². The summed E-state index contributed by atoms with van der Waals surface area (Å²) in [6, 6.07) is 11.5. The van der Waals surface area contributed by atoms with E-state index in [0.29, 0.717) is 36.9 Å². The monoisotopic (exact) mass is 464 g/mol. The minimum atomic E-state index is -3.59. The number of carbonyl (C=O) groups excluding carboxylic acids is 1. The van der Waals surface area contributed by atoms with Crippen LogP contribution in [0.5, 0.6) is 11.5 Å². The number of amides is 1. The molecule has 0 fully saturated rings. The fourth-order valence-electron chi connectivity index (χ4n) is 2.80. The minimum Gasteiger partial charge on any atom is -0.490 e. The summed E-state index contributed by atoms with van der Waals surface area (Å²) in [6.07, 6.45) is 1.97. The molecule has 0 aliphatic rings. The molecule has 0 bridgehead atoms. The highest BCUT2D eigenvalue weighted by atomic mass is 32.2. The van der Waals surface area contributed by atoms with Crippen molar-refractivity contribution < 1.29 is 27.4 Å². The topological polar surface area (TPSA) is 103 Å². The van der Waals surface area contributed by atoms with Gasteiger partial charge in [-0.1, -0.05) is 25.5 Å². The number of methoxy groups -OCH3 is 1. The quantitative estimate of drug-likeness (QED) is 0.417. The van der Waals surface area contributed by atoms with Gasteiger partial charge in [-0.25, -0.2) is 13.1 Å². The van der Waals surface area contributed by atoms with E-state index in [0.717, 1.165) is 18.4 Å². The van der Waals surface area contributed by atoms with E-state index < -0.39 is 10.0 Å². The standard InChI is InChI=1S/C23H32N2O6S/c1-4-6-14-31-21-12-9-19(16-22(21)30-5-2)23(26)24-17-18-7-10-20(11-8-18)32(27,28)25-13-15-29-3/h7-12,16,25H,4-6,13-15,17H2,1-3H3,(H,24,26). The highest BCUT2D eigenvalue weighted by Gasteiger charge is 2.14. The van der Waals surface area contributed by atoms with Crippen molar-refractivity contribution >= 4 is 15.9 Å². The summed E-state index contributed by atoms with van der Waals surface area (Å²) < 4.78 is 43.1. The molecular weight excluding hydrogens is 432 g/mol. The fourth-order valence-corrected chi connectivity index (χ4v) is 3.81. The van der Waals surface area contributed by atoms with E-state index in [4.69, 9.17) is 14.2 Å². The highest BCUT2D eigenvalue weighted by Crippen LogP contribution is 2.28. The summed E-state index contributed by atoms with van der Waals surface area (Å²) in [5, 5.41) is 2.84. The maximum atomic E-state index is 12.6. The van der Waals surface area contributed by atoms with Gasteiger partial charge in [0.05, 0.1) is 24.7 Å². The first-order valence-corrected chi connectivity index (χ1v) is 12.1. The van der Waals surface area contributed by atoms with Gasteiger partial charge in [-0.3, -0.25) is 4.79 Å². The molecular formula is C23H32N2O6S. The second-order valence-corrected chi connectivity index (χ2v) is 8.78. The van der Waals surface area contributed by atoms with Crippen molar-refractivity contribution in [1.29, 1.82) is 0 Å². The molecule has 9 heteroatoms. The molecule has 0 saturated heterocycles. The van der Waals surface area contributed by atoms with Gasteiger partial charge in [0.25, 0.3) is 5.91 Å². The summed E-state index contributed by atoms with van der Waals surface area (Å²) in [6.45, 7) is 5.77. The lowest BCUT2D eigenvalue weighted by Crippen LogP contribution is -2.27. The van der Waals surface area contributed by atoms with Crippen LogP contribution in [0.3, 0.4) is 0 Å². The van der Waals surface area contributed by atoms with Gasteiger partial charge >= 0.3 is 0 Å². The van der Waals surface area contributed by atoms with Crippen LogP contribution in [0.1, 0.15) is 42.6 Å². The smallest absolute Gasteiger partial charge is 0.251 e. The Morgan fingerprint density at radius 3 is 2.38 bits per heavy atom. The van der Waals surface area contributed by atoms with Crippen molar-refractivity contribution in [2.45, 2.75) is 38.1 Å². The zero-order valence-corrected chi connectivity index (χ0v) is 19.7. The Hall–Kier alpha value is -2.62. The number of hydrogen-bond acceptors (Lipinski definition) is 6. The first-order chi connectivity index (χ1) is 15.4. The third-order valence-electron chi connectivity index (χ3n) is 4.55. The molecule has 1 amide bonds. The Kier molecular flexibility index (Phi) is 10.5. The van der Waals surface area contributed by atoms with E-state index in [1.165, 1.54) is 19.2 Å². The van der Waals surface area contributed by atoms with Gasteiger partial charge in [0.15, 0.2) is 11.5 Å². The largest absolute Gasteiger partial charge is 0.490 e. The average Bonchev–Trinajstić information content (AvgIpc) is 2.79. The van der Waals surface area contributed by atoms with Crippen molar-refractivity contribution in [2.75, 3.05) is 33.5 Å². The third kappa shape index (κ3) is 7.81. The molecule has 8 nitrogen and oxygen atoms in total. The van der Waals surface area contributed by atoms with Crippen LogP contribution in [0, 0.1) is 0 Å². The number of unbranched alkanes of at least 4 members (excludes halogenated alkanes) is 1. The van der Waals surface area contributed by atoms with E-state index in [1.54, 1.807) is 30.3 Å². The number of ether oxygens (including phenoxy) is 3.